The maximum atomic E-state index is 11.1. The van der Waals surface area contributed by atoms with Gasteiger partial charge in [-0.05, 0) is 0 Å². The fourth-order valence-electron chi connectivity index (χ4n) is 0.999. The summed E-state index contributed by atoms with van der Waals surface area (Å²) in [6.45, 7) is 1.61. The van der Waals surface area contributed by atoms with Gasteiger partial charge >= 0.3 is 0 Å². The van der Waals surface area contributed by atoms with Gasteiger partial charge in [0.1, 0.15) is 5.69 Å². The monoisotopic (exact) mass is 213 g/mol. The molecular weight excluding hydrogens is 202 g/mol. The number of H-pyrrole nitrogens is 1. The highest BCUT2D eigenvalue weighted by atomic mass is 16.4. The number of hydrogen-bond acceptors (Lipinski definition) is 6. The number of anilines is 3. The van der Waals surface area contributed by atoms with Crippen LogP contribution >= 0.6 is 0 Å². The molecule has 0 spiro atoms. The van der Waals surface area contributed by atoms with Crippen LogP contribution in [0.1, 0.15) is 6.92 Å². The molecule has 15 heavy (non-hydrogen) atoms. The van der Waals surface area contributed by atoms with Crippen LogP contribution in [0, 0.1) is 0 Å². The lowest BCUT2D eigenvalue weighted by atomic mass is 10.5. The van der Waals surface area contributed by atoms with E-state index in [4.69, 9.17) is 15.6 Å². The number of carboxylic acids is 1. The van der Waals surface area contributed by atoms with Crippen molar-refractivity contribution in [3.63, 3.8) is 0 Å². The van der Waals surface area contributed by atoms with Gasteiger partial charge in [0, 0.05) is 6.92 Å². The minimum Gasteiger partial charge on any atom is -0.481 e. The van der Waals surface area contributed by atoms with Gasteiger partial charge in [-0.2, -0.15) is 4.98 Å². The second-order valence-corrected chi connectivity index (χ2v) is 2.72. The van der Waals surface area contributed by atoms with Crippen molar-refractivity contribution in [2.45, 2.75) is 6.92 Å². The Labute approximate surface area is 84.5 Å². The van der Waals surface area contributed by atoms with Gasteiger partial charge in [0.05, 0.1) is 6.67 Å². The van der Waals surface area contributed by atoms with Gasteiger partial charge in [0.15, 0.2) is 5.82 Å². The molecule has 8 nitrogen and oxygen atoms in total. The zero-order valence-electron chi connectivity index (χ0n) is 8.00. The van der Waals surface area contributed by atoms with Crippen molar-refractivity contribution in [1.29, 1.82) is 0 Å². The fraction of sp³-hybridized carbons (Fsp3) is 0.286. The summed E-state index contributed by atoms with van der Waals surface area (Å²) in [4.78, 5) is 26.3. The molecule has 0 saturated heterocycles. The molecule has 1 aliphatic rings. The molecule has 0 aromatic carbocycles. The number of nitrogens with one attached hydrogen (secondary N) is 3. The first-order valence-electron chi connectivity index (χ1n) is 4.07. The largest absolute Gasteiger partial charge is 0.481 e. The van der Waals surface area contributed by atoms with Crippen molar-refractivity contribution in [1.82, 2.24) is 9.97 Å². The van der Waals surface area contributed by atoms with Crippen molar-refractivity contribution < 1.29 is 9.90 Å². The van der Waals surface area contributed by atoms with E-state index in [1.807, 2.05) is 0 Å². The van der Waals surface area contributed by atoms with Crippen molar-refractivity contribution in [2.24, 2.45) is 0 Å². The van der Waals surface area contributed by atoms with Crippen LogP contribution in [0.3, 0.4) is 0 Å². The molecule has 1 aliphatic heterocycles. The van der Waals surface area contributed by atoms with Gasteiger partial charge in [-0.25, -0.2) is 0 Å². The molecule has 82 valence electrons. The zero-order chi connectivity index (χ0) is 11.4. The molecule has 0 aliphatic carbocycles. The van der Waals surface area contributed by atoms with Gasteiger partial charge in [-0.1, -0.05) is 0 Å². The van der Waals surface area contributed by atoms with Crippen LogP contribution in [0.5, 0.6) is 0 Å². The molecule has 8 heteroatoms. The van der Waals surface area contributed by atoms with Gasteiger partial charge < -0.3 is 21.5 Å². The second-order valence-electron chi connectivity index (χ2n) is 2.72. The van der Waals surface area contributed by atoms with Crippen LogP contribution in [-0.4, -0.2) is 27.7 Å². The number of nitrogens with two attached hydrogens (primary N) is 1. The van der Waals surface area contributed by atoms with E-state index in [-0.39, 0.29) is 11.5 Å². The molecule has 0 amide bonds. The van der Waals surface area contributed by atoms with E-state index in [0.29, 0.717) is 18.2 Å². The smallest absolute Gasteiger partial charge is 0.300 e. The van der Waals surface area contributed by atoms with Crippen molar-refractivity contribution in [3.8, 4) is 0 Å². The molecule has 0 radical (unpaired) electrons. The maximum absolute atomic E-state index is 11.1. The van der Waals surface area contributed by atoms with E-state index in [2.05, 4.69) is 20.6 Å². The minimum atomic E-state index is -0.833. The summed E-state index contributed by atoms with van der Waals surface area (Å²) in [5, 5.41) is 13.1. The molecule has 0 saturated carbocycles. The van der Waals surface area contributed by atoms with Crippen LogP contribution in [0.25, 0.3) is 0 Å². The van der Waals surface area contributed by atoms with E-state index in [1.54, 1.807) is 0 Å². The second kappa shape index (κ2) is 4.31. The number of rotatable bonds is 0. The Hall–Kier alpha value is -2.25. The number of hydrogen-bond donors (Lipinski definition) is 5. The van der Waals surface area contributed by atoms with E-state index >= 15 is 0 Å². The molecule has 0 unspecified atom stereocenters. The Morgan fingerprint density at radius 3 is 2.73 bits per heavy atom. The van der Waals surface area contributed by atoms with Gasteiger partial charge in [-0.3, -0.25) is 14.6 Å². The molecule has 1 aromatic rings. The third-order valence-corrected chi connectivity index (χ3v) is 1.46. The molecule has 2 rings (SSSR count). The Kier molecular flexibility index (Phi) is 3.11. The summed E-state index contributed by atoms with van der Waals surface area (Å²) in [5.41, 5.74) is 5.52. The fourth-order valence-corrected chi connectivity index (χ4v) is 0.999. The number of carboxylic acid groups (broad SMARTS) is 1. The summed E-state index contributed by atoms with van der Waals surface area (Å²) in [7, 11) is 0. The highest BCUT2D eigenvalue weighted by molar-refractivity contribution is 5.68. The first kappa shape index (κ1) is 10.8. The summed E-state index contributed by atoms with van der Waals surface area (Å²) in [5.74, 6) is -0.184. The molecule has 2 heterocycles. The highest BCUT2D eigenvalue weighted by Crippen LogP contribution is 2.17. The van der Waals surface area contributed by atoms with Gasteiger partial charge in [0.2, 0.25) is 5.95 Å². The average molecular weight is 213 g/mol. The molecule has 0 bridgehead atoms. The Morgan fingerprint density at radius 2 is 2.13 bits per heavy atom. The highest BCUT2D eigenvalue weighted by Gasteiger charge is 2.14. The molecule has 0 fully saturated rings. The summed E-state index contributed by atoms with van der Waals surface area (Å²) in [6, 6.07) is 0. The van der Waals surface area contributed by atoms with E-state index < -0.39 is 5.97 Å². The third kappa shape index (κ3) is 2.86. The zero-order valence-corrected chi connectivity index (χ0v) is 8.00. The van der Waals surface area contributed by atoms with Crippen LogP contribution in [0.2, 0.25) is 0 Å². The number of aliphatic carboxylic acids is 1. The van der Waals surface area contributed by atoms with Gasteiger partial charge in [0.25, 0.3) is 11.5 Å². The number of carbonyl (C=O) groups is 1. The van der Waals surface area contributed by atoms with Crippen LogP contribution in [0.15, 0.2) is 4.79 Å². The van der Waals surface area contributed by atoms with Crippen molar-refractivity contribution in [2.75, 3.05) is 23.0 Å². The van der Waals surface area contributed by atoms with Crippen LogP contribution < -0.4 is 21.9 Å². The minimum absolute atomic E-state index is 0.130. The standard InChI is InChI=1S/C5H7N5O.C2H4O2/c6-5-9-3-2(4(11)10-5)7-1-8-3;1-2(3)4/h7H,1H2,(H4,6,8,9,10,11);1H3,(H,3,4). The SMILES string of the molecule is CC(=O)O.Nc1nc2c(c(=O)[nH]1)NCN2. The summed E-state index contributed by atoms with van der Waals surface area (Å²) in [6.07, 6.45) is 0. The predicted octanol–water partition coefficient (Wildman–Crippen LogP) is -0.762. The van der Waals surface area contributed by atoms with E-state index in [1.165, 1.54) is 0 Å². The normalized spacial score (nSPS) is 11.5. The number of aromatic nitrogens is 2. The lowest BCUT2D eigenvalue weighted by molar-refractivity contribution is -0.134. The Balaban J connectivity index is 0.000000245. The summed E-state index contributed by atoms with van der Waals surface area (Å²) >= 11 is 0. The first-order chi connectivity index (χ1) is 7.00. The van der Waals surface area contributed by atoms with E-state index in [9.17, 15) is 4.79 Å². The lowest BCUT2D eigenvalue weighted by Gasteiger charge is -1.96. The lowest BCUT2D eigenvalue weighted by Crippen LogP contribution is -2.13. The number of aromatic amines is 1. The van der Waals surface area contributed by atoms with Gasteiger partial charge in [-0.15, -0.1) is 0 Å². The molecule has 6 N–H and O–H groups in total. The predicted molar refractivity (Wildman–Crippen MR) is 54.7 cm³/mol. The maximum Gasteiger partial charge on any atom is 0.300 e. The number of nitrogens with zero attached hydrogens (tertiary/aromatic N) is 1. The first-order valence-corrected chi connectivity index (χ1v) is 4.07. The Bertz CT molecular complexity index is 423. The summed E-state index contributed by atoms with van der Waals surface area (Å²) < 4.78 is 0. The number of fused-ring (bicyclic) bond motifs is 1. The van der Waals surface area contributed by atoms with Crippen molar-refractivity contribution >= 4 is 23.4 Å². The molecule has 1 aromatic heterocycles. The van der Waals surface area contributed by atoms with Crippen LogP contribution in [0.4, 0.5) is 17.5 Å². The van der Waals surface area contributed by atoms with E-state index in [0.717, 1.165) is 6.92 Å². The molecular formula is C7H11N5O3. The quantitative estimate of drug-likeness (QED) is 0.382. The average Bonchev–Trinajstić information content (AvgIpc) is 2.50. The number of nitrogen functional groups attached to an aromatic ring is 1. The molecule has 0 atom stereocenters. The topological polar surface area (TPSA) is 133 Å². The van der Waals surface area contributed by atoms with Crippen molar-refractivity contribution in [3.05, 3.63) is 10.4 Å². The third-order valence-electron chi connectivity index (χ3n) is 1.46. The van der Waals surface area contributed by atoms with Crippen LogP contribution in [-0.2, 0) is 4.79 Å². The Morgan fingerprint density at radius 1 is 1.53 bits per heavy atom.